The van der Waals surface area contributed by atoms with Crippen LogP contribution in [0.1, 0.15) is 17.0 Å². The monoisotopic (exact) mass is 328 g/mol. The number of carbonyl (C=O) groups is 1. The largest absolute Gasteiger partial charge is 0.417 e. The summed E-state index contributed by atoms with van der Waals surface area (Å²) in [4.78, 5) is 29.0. The highest BCUT2D eigenvalue weighted by molar-refractivity contribution is 5.95. The average molecular weight is 328 g/mol. The van der Waals surface area contributed by atoms with E-state index in [1.54, 1.807) is 23.1 Å². The van der Waals surface area contributed by atoms with Crippen LogP contribution in [0.3, 0.4) is 0 Å². The maximum absolute atomic E-state index is 12.7. The maximum Gasteiger partial charge on any atom is 0.344 e. The molecular weight excluding hydrogens is 308 g/mol. The third kappa shape index (κ3) is 2.83. The Balaban J connectivity index is 1.53. The SMILES string of the molecule is O=C(c1cc2ccccc2c(=O)o1)N1CCC(N2CCOCC2)C1. The van der Waals surface area contributed by atoms with Gasteiger partial charge in [0.25, 0.3) is 5.91 Å². The van der Waals surface area contributed by atoms with Gasteiger partial charge in [-0.05, 0) is 23.9 Å². The molecule has 0 saturated carbocycles. The molecular formula is C18H20N2O4. The van der Waals surface area contributed by atoms with Gasteiger partial charge in [-0.15, -0.1) is 0 Å². The molecule has 1 aromatic heterocycles. The van der Waals surface area contributed by atoms with Crippen molar-refractivity contribution in [2.75, 3.05) is 39.4 Å². The Morgan fingerprint density at radius 3 is 2.75 bits per heavy atom. The average Bonchev–Trinajstić information content (AvgIpc) is 3.12. The van der Waals surface area contributed by atoms with Gasteiger partial charge in [-0.3, -0.25) is 9.69 Å². The van der Waals surface area contributed by atoms with Gasteiger partial charge in [-0.1, -0.05) is 18.2 Å². The minimum Gasteiger partial charge on any atom is -0.417 e. The number of benzene rings is 1. The summed E-state index contributed by atoms with van der Waals surface area (Å²) >= 11 is 0. The molecule has 4 rings (SSSR count). The van der Waals surface area contributed by atoms with E-state index < -0.39 is 5.63 Å². The third-order valence-corrected chi connectivity index (χ3v) is 4.89. The molecule has 2 aliphatic heterocycles. The zero-order valence-electron chi connectivity index (χ0n) is 13.4. The number of rotatable bonds is 2. The summed E-state index contributed by atoms with van der Waals surface area (Å²) in [6.07, 6.45) is 0.948. The number of amides is 1. The van der Waals surface area contributed by atoms with E-state index in [-0.39, 0.29) is 11.7 Å². The second-order valence-corrected chi connectivity index (χ2v) is 6.33. The number of hydrogen-bond donors (Lipinski definition) is 0. The van der Waals surface area contributed by atoms with Crippen molar-refractivity contribution < 1.29 is 13.9 Å². The van der Waals surface area contributed by atoms with Gasteiger partial charge in [-0.2, -0.15) is 0 Å². The van der Waals surface area contributed by atoms with Crippen LogP contribution in [-0.2, 0) is 4.74 Å². The lowest BCUT2D eigenvalue weighted by molar-refractivity contribution is 0.0184. The smallest absolute Gasteiger partial charge is 0.344 e. The topological polar surface area (TPSA) is 63.0 Å². The lowest BCUT2D eigenvalue weighted by Gasteiger charge is -2.31. The van der Waals surface area contributed by atoms with Gasteiger partial charge in [0.15, 0.2) is 5.76 Å². The quantitative estimate of drug-likeness (QED) is 0.832. The first-order chi connectivity index (χ1) is 11.7. The Kier molecular flexibility index (Phi) is 4.08. The molecule has 24 heavy (non-hydrogen) atoms. The molecule has 6 nitrogen and oxygen atoms in total. The van der Waals surface area contributed by atoms with Crippen molar-refractivity contribution in [3.63, 3.8) is 0 Å². The van der Waals surface area contributed by atoms with E-state index in [0.29, 0.717) is 24.5 Å². The highest BCUT2D eigenvalue weighted by atomic mass is 16.5. The van der Waals surface area contributed by atoms with Gasteiger partial charge in [0.1, 0.15) is 0 Å². The predicted octanol–water partition coefficient (Wildman–Crippen LogP) is 1.34. The van der Waals surface area contributed by atoms with Crippen LogP contribution >= 0.6 is 0 Å². The molecule has 0 aliphatic carbocycles. The molecule has 126 valence electrons. The van der Waals surface area contributed by atoms with Crippen LogP contribution in [0.2, 0.25) is 0 Å². The number of fused-ring (bicyclic) bond motifs is 1. The number of carbonyl (C=O) groups excluding carboxylic acids is 1. The minimum atomic E-state index is -0.458. The normalized spacial score (nSPS) is 22.2. The standard InChI is InChI=1S/C18H20N2O4/c21-17(16-11-13-3-1-2-4-15(13)18(22)24-16)20-6-5-14(12-20)19-7-9-23-10-8-19/h1-4,11,14H,5-10,12H2. The molecule has 1 unspecified atom stereocenters. The molecule has 2 fully saturated rings. The Bertz CT molecular complexity index is 810. The van der Waals surface area contributed by atoms with Crippen LogP contribution in [0, 0.1) is 0 Å². The molecule has 6 heteroatoms. The summed E-state index contributed by atoms with van der Waals surface area (Å²) < 4.78 is 10.7. The fourth-order valence-corrected chi connectivity index (χ4v) is 3.56. The second kappa shape index (κ2) is 6.37. The van der Waals surface area contributed by atoms with Crippen LogP contribution in [0.5, 0.6) is 0 Å². The second-order valence-electron chi connectivity index (χ2n) is 6.33. The lowest BCUT2D eigenvalue weighted by atomic mass is 10.1. The van der Waals surface area contributed by atoms with Gasteiger partial charge in [0.05, 0.1) is 18.6 Å². The van der Waals surface area contributed by atoms with Gasteiger partial charge in [-0.25, -0.2) is 4.79 Å². The van der Waals surface area contributed by atoms with Crippen LogP contribution in [-0.4, -0.2) is 61.1 Å². The fraction of sp³-hybridized carbons (Fsp3) is 0.444. The molecule has 0 N–H and O–H groups in total. The Morgan fingerprint density at radius 1 is 1.12 bits per heavy atom. The Labute approximate surface area is 139 Å². The highest BCUT2D eigenvalue weighted by Gasteiger charge is 2.32. The fourth-order valence-electron chi connectivity index (χ4n) is 3.56. The summed E-state index contributed by atoms with van der Waals surface area (Å²) in [5, 5.41) is 1.24. The first kappa shape index (κ1) is 15.4. The number of ether oxygens (including phenoxy) is 1. The highest BCUT2D eigenvalue weighted by Crippen LogP contribution is 2.20. The van der Waals surface area contributed by atoms with Crippen molar-refractivity contribution in [1.82, 2.24) is 9.80 Å². The van der Waals surface area contributed by atoms with Gasteiger partial charge in [0.2, 0.25) is 0 Å². The minimum absolute atomic E-state index is 0.126. The van der Waals surface area contributed by atoms with Gasteiger partial charge >= 0.3 is 5.63 Å². The molecule has 1 amide bonds. The van der Waals surface area contributed by atoms with Crippen molar-refractivity contribution in [3.05, 3.63) is 46.5 Å². The summed E-state index contributed by atoms with van der Waals surface area (Å²) in [5.74, 6) is -0.0741. The first-order valence-corrected chi connectivity index (χ1v) is 8.36. The number of hydrogen-bond acceptors (Lipinski definition) is 5. The molecule has 2 aliphatic rings. The Hall–Kier alpha value is -2.18. The maximum atomic E-state index is 12.7. The van der Waals surface area contributed by atoms with E-state index in [2.05, 4.69) is 4.90 Å². The summed E-state index contributed by atoms with van der Waals surface area (Å²) in [6.45, 7) is 4.70. The van der Waals surface area contributed by atoms with Crippen molar-refractivity contribution in [2.45, 2.75) is 12.5 Å². The Morgan fingerprint density at radius 2 is 1.92 bits per heavy atom. The summed E-state index contributed by atoms with van der Waals surface area (Å²) in [5.41, 5.74) is -0.458. The van der Waals surface area contributed by atoms with Crippen molar-refractivity contribution in [2.24, 2.45) is 0 Å². The van der Waals surface area contributed by atoms with E-state index in [4.69, 9.17) is 9.15 Å². The molecule has 1 atom stereocenters. The van der Waals surface area contributed by atoms with E-state index in [0.717, 1.165) is 38.1 Å². The molecule has 2 aromatic rings. The van der Waals surface area contributed by atoms with Crippen molar-refractivity contribution in [3.8, 4) is 0 Å². The third-order valence-electron chi connectivity index (χ3n) is 4.89. The van der Waals surface area contributed by atoms with Gasteiger partial charge in [0, 0.05) is 32.2 Å². The number of morpholine rings is 1. The van der Waals surface area contributed by atoms with E-state index in [9.17, 15) is 9.59 Å². The van der Waals surface area contributed by atoms with Crippen molar-refractivity contribution in [1.29, 1.82) is 0 Å². The summed E-state index contributed by atoms with van der Waals surface area (Å²) in [7, 11) is 0. The lowest BCUT2D eigenvalue weighted by Crippen LogP contribution is -2.45. The van der Waals surface area contributed by atoms with E-state index >= 15 is 0 Å². The zero-order chi connectivity index (χ0) is 16.5. The van der Waals surface area contributed by atoms with Crippen molar-refractivity contribution >= 4 is 16.7 Å². The molecule has 3 heterocycles. The molecule has 0 radical (unpaired) electrons. The number of nitrogens with zero attached hydrogens (tertiary/aromatic N) is 2. The van der Waals surface area contributed by atoms with Crippen LogP contribution in [0.15, 0.2) is 39.5 Å². The number of likely N-dealkylation sites (tertiary alicyclic amines) is 1. The van der Waals surface area contributed by atoms with Crippen LogP contribution < -0.4 is 5.63 Å². The first-order valence-electron chi connectivity index (χ1n) is 8.36. The molecule has 1 aromatic carbocycles. The van der Waals surface area contributed by atoms with Crippen LogP contribution in [0.4, 0.5) is 0 Å². The zero-order valence-corrected chi connectivity index (χ0v) is 13.4. The van der Waals surface area contributed by atoms with E-state index in [1.165, 1.54) is 0 Å². The molecule has 0 bridgehead atoms. The predicted molar refractivity (Wildman–Crippen MR) is 89.2 cm³/mol. The van der Waals surface area contributed by atoms with Gasteiger partial charge < -0.3 is 14.1 Å². The van der Waals surface area contributed by atoms with E-state index in [1.807, 2.05) is 12.1 Å². The summed E-state index contributed by atoms with van der Waals surface area (Å²) in [6, 6.07) is 9.20. The molecule has 0 spiro atoms. The van der Waals surface area contributed by atoms with Crippen LogP contribution in [0.25, 0.3) is 10.8 Å². The molecule has 2 saturated heterocycles.